The predicted octanol–water partition coefficient (Wildman–Crippen LogP) is 6.38. The quantitative estimate of drug-likeness (QED) is 0.471. The van der Waals surface area contributed by atoms with Gasteiger partial charge in [0.05, 0.1) is 24.4 Å². The molecule has 5 aliphatic rings. The van der Waals surface area contributed by atoms with Crippen LogP contribution in [0.4, 0.5) is 0 Å². The first-order valence-electron chi connectivity index (χ1n) is 14.1. The van der Waals surface area contributed by atoms with Crippen molar-refractivity contribution in [1.82, 2.24) is 0 Å². The molecule has 1 heterocycles. The van der Waals surface area contributed by atoms with E-state index in [4.69, 9.17) is 9.47 Å². The van der Waals surface area contributed by atoms with Crippen LogP contribution in [-0.2, 0) is 9.47 Å². The van der Waals surface area contributed by atoms with Crippen molar-refractivity contribution in [2.45, 2.75) is 102 Å². The third kappa shape index (κ3) is 3.62. The lowest BCUT2D eigenvalue weighted by Crippen LogP contribution is -2.58. The highest BCUT2D eigenvalue weighted by molar-refractivity contribution is 5.50. The number of hydrogen-bond acceptors (Lipinski definition) is 4. The molecule has 6 rings (SSSR count). The highest BCUT2D eigenvalue weighted by atomic mass is 16.7. The minimum absolute atomic E-state index is 0.0141. The average Bonchev–Trinajstić information content (AvgIpc) is 3.08. The lowest BCUT2D eigenvalue weighted by molar-refractivity contribution is -0.322. The van der Waals surface area contributed by atoms with Gasteiger partial charge in [-0.05, 0) is 74.0 Å². The first kappa shape index (κ1) is 24.9. The van der Waals surface area contributed by atoms with E-state index in [1.165, 1.54) is 16.7 Å². The molecule has 0 bridgehead atoms. The Morgan fingerprint density at radius 1 is 0.944 bits per heavy atom. The molecule has 196 valence electrons. The molecule has 3 saturated carbocycles. The van der Waals surface area contributed by atoms with Crippen molar-refractivity contribution in [2.24, 2.45) is 22.7 Å². The predicted molar refractivity (Wildman–Crippen MR) is 142 cm³/mol. The van der Waals surface area contributed by atoms with E-state index in [9.17, 15) is 10.2 Å². The second-order valence-corrected chi connectivity index (χ2v) is 13.9. The summed E-state index contributed by atoms with van der Waals surface area (Å²) in [5.74, 6) is 0.422. The summed E-state index contributed by atoms with van der Waals surface area (Å²) < 4.78 is 12.7. The third-order valence-corrected chi connectivity index (χ3v) is 11.0. The van der Waals surface area contributed by atoms with Crippen LogP contribution in [0.15, 0.2) is 42.0 Å². The summed E-state index contributed by atoms with van der Waals surface area (Å²) in [5, 5.41) is 23.8. The van der Waals surface area contributed by atoms with Gasteiger partial charge in [0.15, 0.2) is 5.79 Å². The lowest BCUT2D eigenvalue weighted by atomic mass is 9.50. The fourth-order valence-electron chi connectivity index (χ4n) is 8.64. The van der Waals surface area contributed by atoms with Gasteiger partial charge in [-0.25, -0.2) is 0 Å². The van der Waals surface area contributed by atoms with Crippen molar-refractivity contribution < 1.29 is 19.7 Å². The van der Waals surface area contributed by atoms with E-state index in [0.717, 1.165) is 50.5 Å². The molecule has 0 aromatic heterocycles. The number of ether oxygens (including phenoxy) is 2. The van der Waals surface area contributed by atoms with E-state index in [1.807, 2.05) is 6.08 Å². The molecule has 1 aliphatic heterocycles. The minimum Gasteiger partial charge on any atom is -0.390 e. The monoisotopic (exact) mass is 492 g/mol. The van der Waals surface area contributed by atoms with Crippen LogP contribution in [0.3, 0.4) is 0 Å². The van der Waals surface area contributed by atoms with Gasteiger partial charge in [-0.1, -0.05) is 63.3 Å². The summed E-state index contributed by atoms with van der Waals surface area (Å²) in [5.41, 5.74) is 3.50. The Balaban J connectivity index is 1.43. The average molecular weight is 493 g/mol. The number of benzene rings is 1. The summed E-state index contributed by atoms with van der Waals surface area (Å²) in [6, 6.07) is 8.79. The summed E-state index contributed by atoms with van der Waals surface area (Å²) in [7, 11) is 0. The van der Waals surface area contributed by atoms with Gasteiger partial charge in [-0.15, -0.1) is 0 Å². The summed E-state index contributed by atoms with van der Waals surface area (Å²) in [6.45, 7) is 14.0. The molecule has 1 saturated heterocycles. The molecule has 4 fully saturated rings. The molecule has 1 aromatic rings. The summed E-state index contributed by atoms with van der Waals surface area (Å²) >= 11 is 0. The zero-order chi connectivity index (χ0) is 25.6. The van der Waals surface area contributed by atoms with Gasteiger partial charge >= 0.3 is 0 Å². The molecule has 4 heteroatoms. The maximum absolute atomic E-state index is 12.3. The molecule has 0 amide bonds. The van der Waals surface area contributed by atoms with Crippen LogP contribution in [0.2, 0.25) is 0 Å². The molecule has 4 nitrogen and oxygen atoms in total. The number of fused-ring (bicyclic) bond motifs is 4. The van der Waals surface area contributed by atoms with Crippen molar-refractivity contribution in [3.63, 3.8) is 0 Å². The first-order chi connectivity index (χ1) is 16.9. The Morgan fingerprint density at radius 2 is 1.64 bits per heavy atom. The normalized spacial score (nSPS) is 43.0. The van der Waals surface area contributed by atoms with Gasteiger partial charge in [0, 0.05) is 29.6 Å². The molecule has 1 spiro atoms. The molecule has 36 heavy (non-hydrogen) atoms. The van der Waals surface area contributed by atoms with Gasteiger partial charge < -0.3 is 19.7 Å². The standard InChI is InChI=1S/C32H44O4/c1-6-21-7-9-22(10-8-21)24-17-29(4)25(12-14-30(29,5)33)23-11-15-31(34)18-32(16-13-26(31)27(23)24)35-19-28(2,3)20-36-32/h6-10,23-25,33-34H,1,11-20H2,2-5H3. The van der Waals surface area contributed by atoms with Crippen molar-refractivity contribution in [3.05, 3.63) is 53.1 Å². The Morgan fingerprint density at radius 3 is 2.31 bits per heavy atom. The number of rotatable bonds is 2. The van der Waals surface area contributed by atoms with E-state index in [1.54, 1.807) is 0 Å². The molecule has 2 N–H and O–H groups in total. The van der Waals surface area contributed by atoms with E-state index in [2.05, 4.69) is 58.5 Å². The van der Waals surface area contributed by atoms with E-state index < -0.39 is 17.0 Å². The second-order valence-electron chi connectivity index (χ2n) is 13.9. The van der Waals surface area contributed by atoms with Crippen LogP contribution in [-0.4, -0.2) is 40.4 Å². The zero-order valence-electron chi connectivity index (χ0n) is 22.6. The third-order valence-electron chi connectivity index (χ3n) is 11.0. The van der Waals surface area contributed by atoms with Crippen molar-refractivity contribution >= 4 is 6.08 Å². The van der Waals surface area contributed by atoms with Crippen molar-refractivity contribution in [2.75, 3.05) is 13.2 Å². The fourth-order valence-corrected chi connectivity index (χ4v) is 8.64. The van der Waals surface area contributed by atoms with E-state index >= 15 is 0 Å². The first-order valence-corrected chi connectivity index (χ1v) is 14.1. The largest absolute Gasteiger partial charge is 0.390 e. The minimum atomic E-state index is -0.875. The van der Waals surface area contributed by atoms with Crippen LogP contribution >= 0.6 is 0 Å². The number of aliphatic hydroxyl groups is 2. The van der Waals surface area contributed by atoms with Crippen LogP contribution in [0.5, 0.6) is 0 Å². The van der Waals surface area contributed by atoms with Gasteiger partial charge in [0.25, 0.3) is 0 Å². The summed E-state index contributed by atoms with van der Waals surface area (Å²) in [6.07, 6.45) is 8.62. The van der Waals surface area contributed by atoms with Gasteiger partial charge in [-0.2, -0.15) is 0 Å². The van der Waals surface area contributed by atoms with Gasteiger partial charge in [0.2, 0.25) is 0 Å². The molecular weight excluding hydrogens is 448 g/mol. The van der Waals surface area contributed by atoms with E-state index in [-0.39, 0.29) is 16.7 Å². The van der Waals surface area contributed by atoms with Crippen LogP contribution in [0.1, 0.15) is 96.1 Å². The topological polar surface area (TPSA) is 58.9 Å². The smallest absolute Gasteiger partial charge is 0.171 e. The SMILES string of the molecule is C=Cc1ccc(C2CC3(C)C(CCC3(C)O)C3CCC4(O)CC5(CCC4=C23)OCC(C)(C)CO5)cc1. The number of allylic oxidation sites excluding steroid dienone is 1. The fraction of sp³-hybridized carbons (Fsp3) is 0.688. The molecule has 1 aromatic carbocycles. The molecule has 4 aliphatic carbocycles. The van der Waals surface area contributed by atoms with Crippen LogP contribution < -0.4 is 0 Å². The highest BCUT2D eigenvalue weighted by Gasteiger charge is 2.63. The van der Waals surface area contributed by atoms with Gasteiger partial charge in [-0.3, -0.25) is 0 Å². The maximum atomic E-state index is 12.3. The maximum Gasteiger partial charge on any atom is 0.171 e. The van der Waals surface area contributed by atoms with Crippen LogP contribution in [0, 0.1) is 22.7 Å². The molecule has 6 atom stereocenters. The second kappa shape index (κ2) is 8.02. The molecule has 0 radical (unpaired) electrons. The Labute approximate surface area is 216 Å². The molecular formula is C32H44O4. The highest BCUT2D eigenvalue weighted by Crippen LogP contribution is 2.67. The summed E-state index contributed by atoms with van der Waals surface area (Å²) in [4.78, 5) is 0. The van der Waals surface area contributed by atoms with Crippen molar-refractivity contribution in [1.29, 1.82) is 0 Å². The van der Waals surface area contributed by atoms with Crippen molar-refractivity contribution in [3.8, 4) is 0 Å². The van der Waals surface area contributed by atoms with E-state index in [0.29, 0.717) is 31.5 Å². The molecule has 6 unspecified atom stereocenters. The zero-order valence-corrected chi connectivity index (χ0v) is 22.6. The Bertz CT molecular complexity index is 1070. The Kier molecular flexibility index (Phi) is 5.54. The van der Waals surface area contributed by atoms with Gasteiger partial charge in [0.1, 0.15) is 0 Å². The van der Waals surface area contributed by atoms with Crippen LogP contribution in [0.25, 0.3) is 6.08 Å². The Hall–Kier alpha value is -1.46. The number of hydrogen-bond donors (Lipinski definition) is 2. The lowest BCUT2D eigenvalue weighted by Gasteiger charge is -2.58.